The van der Waals surface area contributed by atoms with Crippen LogP contribution in [0.4, 0.5) is 11.8 Å². The molecule has 0 radical (unpaired) electrons. The maximum Gasteiger partial charge on any atom is 0.222 e. The molecule has 0 atom stereocenters. The number of nitrogens with two attached hydrogens (primary N) is 2. The first-order valence-corrected chi connectivity index (χ1v) is 11.5. The van der Waals surface area contributed by atoms with Gasteiger partial charge in [0.2, 0.25) is 5.95 Å². The van der Waals surface area contributed by atoms with E-state index in [1.807, 2.05) is 12.1 Å². The highest BCUT2D eigenvalue weighted by Gasteiger charge is 2.29. The van der Waals surface area contributed by atoms with Gasteiger partial charge < -0.3 is 30.4 Å². The number of rotatable bonds is 7. The number of aromatic nitrogens is 2. The van der Waals surface area contributed by atoms with Crippen LogP contribution in [0.1, 0.15) is 48.6 Å². The summed E-state index contributed by atoms with van der Waals surface area (Å²) < 4.78 is 21.5. The number of benzene rings is 2. The van der Waals surface area contributed by atoms with Crippen molar-refractivity contribution >= 4 is 23.4 Å². The quantitative estimate of drug-likeness (QED) is 0.448. The summed E-state index contributed by atoms with van der Waals surface area (Å²) in [4.78, 5) is 7.76. The largest absolute Gasteiger partial charge is 0.495 e. The van der Waals surface area contributed by atoms with Crippen LogP contribution >= 0.6 is 11.6 Å². The summed E-state index contributed by atoms with van der Waals surface area (Å²) in [6, 6.07) is 9.82. The summed E-state index contributed by atoms with van der Waals surface area (Å²) in [5.74, 6) is 4.80. The lowest BCUT2D eigenvalue weighted by Crippen LogP contribution is -2.02. The number of nitrogens with zero attached hydrogens (tertiary/aromatic N) is 2. The van der Waals surface area contributed by atoms with Crippen LogP contribution in [-0.2, 0) is 0 Å². The molecular weight excluding hydrogens is 456 g/mol. The summed E-state index contributed by atoms with van der Waals surface area (Å²) in [6.45, 7) is 0. The van der Waals surface area contributed by atoms with E-state index in [0.717, 1.165) is 35.8 Å². The summed E-state index contributed by atoms with van der Waals surface area (Å²) in [5.41, 5.74) is 13.7. The molecule has 0 amide bonds. The van der Waals surface area contributed by atoms with Crippen LogP contribution in [0.15, 0.2) is 36.5 Å². The van der Waals surface area contributed by atoms with Gasteiger partial charge in [-0.2, -0.15) is 4.98 Å². The number of nitrogen functional groups attached to an aromatic ring is 2. The SMILES string of the molecule is COc1cc(C2CC2)c(Oc2cnc(N)nc2N)cc1Cl.COc1ccc(C2CC2)cc1OC. The minimum atomic E-state index is 0.107. The van der Waals surface area contributed by atoms with Crippen LogP contribution in [0, 0.1) is 0 Å². The van der Waals surface area contributed by atoms with Crippen LogP contribution in [0.25, 0.3) is 0 Å². The maximum absolute atomic E-state index is 6.17. The Balaban J connectivity index is 0.000000180. The molecule has 8 nitrogen and oxygen atoms in total. The summed E-state index contributed by atoms with van der Waals surface area (Å²) >= 11 is 6.17. The van der Waals surface area contributed by atoms with Crippen LogP contribution in [0.2, 0.25) is 5.02 Å². The molecule has 2 aliphatic rings. The fourth-order valence-electron chi connectivity index (χ4n) is 3.63. The van der Waals surface area contributed by atoms with E-state index in [9.17, 15) is 0 Å². The molecular formula is C25H29ClN4O4. The Bertz CT molecular complexity index is 1170. The zero-order valence-electron chi connectivity index (χ0n) is 19.5. The van der Waals surface area contributed by atoms with Gasteiger partial charge in [-0.3, -0.25) is 0 Å². The molecule has 34 heavy (non-hydrogen) atoms. The van der Waals surface area contributed by atoms with Crippen LogP contribution in [0.3, 0.4) is 0 Å². The number of hydrogen-bond donors (Lipinski definition) is 2. The number of methoxy groups -OCH3 is 3. The first kappa shape index (κ1) is 23.8. The van der Waals surface area contributed by atoms with Crippen molar-refractivity contribution in [3.63, 3.8) is 0 Å². The number of anilines is 2. The molecule has 2 saturated carbocycles. The standard InChI is InChI=1S/C14H15ClN4O2.C11H14O2/c1-20-11-4-8(7-2-3-7)10(5-9(11)15)21-12-6-18-14(17)19-13(12)16;1-12-10-6-5-9(8-3-4-8)7-11(10)13-2/h4-7H,2-3H2,1H3,(H4,16,17,18,19);5-8H,3-4H2,1-2H3. The fraction of sp³-hybridized carbons (Fsp3) is 0.360. The molecule has 180 valence electrons. The third-order valence-corrected chi connectivity index (χ3v) is 6.07. The summed E-state index contributed by atoms with van der Waals surface area (Å²) in [5, 5.41) is 0.479. The Kier molecular flexibility index (Phi) is 7.17. The van der Waals surface area contributed by atoms with Crippen molar-refractivity contribution < 1.29 is 18.9 Å². The minimum Gasteiger partial charge on any atom is -0.495 e. The molecule has 9 heteroatoms. The van der Waals surface area contributed by atoms with Crippen molar-refractivity contribution in [3.8, 4) is 28.7 Å². The molecule has 0 aliphatic heterocycles. The Labute approximate surface area is 204 Å². The monoisotopic (exact) mass is 484 g/mol. The molecule has 2 fully saturated rings. The van der Waals surface area contributed by atoms with Crippen molar-refractivity contribution in [2.75, 3.05) is 32.8 Å². The van der Waals surface area contributed by atoms with Gasteiger partial charge in [-0.15, -0.1) is 0 Å². The van der Waals surface area contributed by atoms with Gasteiger partial charge in [0, 0.05) is 11.6 Å². The molecule has 3 aromatic rings. The molecule has 0 unspecified atom stereocenters. The zero-order chi connectivity index (χ0) is 24.2. The third-order valence-electron chi connectivity index (χ3n) is 5.78. The van der Waals surface area contributed by atoms with E-state index >= 15 is 0 Å². The first-order valence-electron chi connectivity index (χ1n) is 11.1. The van der Waals surface area contributed by atoms with E-state index in [0.29, 0.717) is 28.2 Å². The second-order valence-corrected chi connectivity index (χ2v) is 8.67. The van der Waals surface area contributed by atoms with Gasteiger partial charge in [-0.25, -0.2) is 4.98 Å². The number of hydrogen-bond acceptors (Lipinski definition) is 8. The molecule has 1 heterocycles. The van der Waals surface area contributed by atoms with Gasteiger partial charge in [0.25, 0.3) is 0 Å². The number of ether oxygens (including phenoxy) is 4. The fourth-order valence-corrected chi connectivity index (χ4v) is 3.86. The van der Waals surface area contributed by atoms with E-state index in [1.54, 1.807) is 27.4 Å². The van der Waals surface area contributed by atoms with Crippen LogP contribution < -0.4 is 30.4 Å². The molecule has 2 aromatic carbocycles. The van der Waals surface area contributed by atoms with Crippen molar-refractivity contribution in [3.05, 3.63) is 52.7 Å². The Morgan fingerprint density at radius 2 is 1.47 bits per heavy atom. The average Bonchev–Trinajstić information content (AvgIpc) is 3.74. The normalized spacial score (nSPS) is 14.6. The van der Waals surface area contributed by atoms with Crippen molar-refractivity contribution in [1.82, 2.24) is 9.97 Å². The Hall–Kier alpha value is -3.39. The number of halogens is 1. The van der Waals surface area contributed by atoms with Crippen molar-refractivity contribution in [1.29, 1.82) is 0 Å². The van der Waals surface area contributed by atoms with Crippen LogP contribution in [-0.4, -0.2) is 31.3 Å². The van der Waals surface area contributed by atoms with E-state index < -0.39 is 0 Å². The Morgan fingerprint density at radius 1 is 0.794 bits per heavy atom. The third kappa shape index (κ3) is 5.56. The lowest BCUT2D eigenvalue weighted by atomic mass is 10.1. The second-order valence-electron chi connectivity index (χ2n) is 8.27. The van der Waals surface area contributed by atoms with Crippen LogP contribution in [0.5, 0.6) is 28.7 Å². The maximum atomic E-state index is 6.17. The van der Waals surface area contributed by atoms with Gasteiger partial charge in [0.1, 0.15) is 11.5 Å². The predicted molar refractivity (Wildman–Crippen MR) is 132 cm³/mol. The molecule has 0 spiro atoms. The molecule has 1 aromatic heterocycles. The zero-order valence-corrected chi connectivity index (χ0v) is 20.3. The average molecular weight is 485 g/mol. The van der Waals surface area contributed by atoms with Crippen molar-refractivity contribution in [2.45, 2.75) is 37.5 Å². The summed E-state index contributed by atoms with van der Waals surface area (Å²) in [7, 11) is 4.92. The highest BCUT2D eigenvalue weighted by molar-refractivity contribution is 6.32. The molecule has 0 saturated heterocycles. The van der Waals surface area contributed by atoms with Gasteiger partial charge in [-0.1, -0.05) is 17.7 Å². The minimum absolute atomic E-state index is 0.107. The van der Waals surface area contributed by atoms with Gasteiger partial charge >= 0.3 is 0 Å². The van der Waals surface area contributed by atoms with E-state index in [1.165, 1.54) is 24.6 Å². The lowest BCUT2D eigenvalue weighted by Gasteiger charge is -2.14. The molecule has 5 rings (SSSR count). The van der Waals surface area contributed by atoms with Gasteiger partial charge in [0.15, 0.2) is 23.1 Å². The molecule has 0 bridgehead atoms. The van der Waals surface area contributed by atoms with Gasteiger partial charge in [0.05, 0.1) is 32.5 Å². The molecule has 4 N–H and O–H groups in total. The predicted octanol–water partition coefficient (Wildman–Crippen LogP) is 5.55. The van der Waals surface area contributed by atoms with Crippen molar-refractivity contribution in [2.24, 2.45) is 0 Å². The Morgan fingerprint density at radius 3 is 2.06 bits per heavy atom. The lowest BCUT2D eigenvalue weighted by molar-refractivity contribution is 0.354. The highest BCUT2D eigenvalue weighted by Crippen LogP contribution is 2.48. The van der Waals surface area contributed by atoms with Gasteiger partial charge in [-0.05, 0) is 61.3 Å². The van der Waals surface area contributed by atoms with E-state index in [4.69, 9.17) is 42.0 Å². The van der Waals surface area contributed by atoms with E-state index in [2.05, 4.69) is 22.1 Å². The second kappa shape index (κ2) is 10.3. The first-order chi connectivity index (χ1) is 16.4. The summed E-state index contributed by atoms with van der Waals surface area (Å²) in [6.07, 6.45) is 6.32. The smallest absolute Gasteiger partial charge is 0.222 e. The molecule has 2 aliphatic carbocycles. The highest BCUT2D eigenvalue weighted by atomic mass is 35.5. The topological polar surface area (TPSA) is 115 Å². The van der Waals surface area contributed by atoms with E-state index in [-0.39, 0.29) is 11.8 Å².